The smallest absolute Gasteiger partial charge is 0.305 e. The fourth-order valence-electron chi connectivity index (χ4n) is 0.227. The third kappa shape index (κ3) is 7.06. The van der Waals surface area contributed by atoms with Crippen LogP contribution in [0.1, 0.15) is 13.8 Å². The molecule has 0 aromatic carbocycles. The molecule has 1 heterocycles. The highest BCUT2D eigenvalue weighted by molar-refractivity contribution is 7.07. The molecule has 0 bridgehead atoms. The summed E-state index contributed by atoms with van der Waals surface area (Å²) in [5.74, 6) is -0.972. The lowest BCUT2D eigenvalue weighted by Gasteiger charge is -1.89. The lowest BCUT2D eigenvalue weighted by molar-refractivity contribution is -0.140. The number of hydrogen-bond donors (Lipinski definition) is 1. The summed E-state index contributed by atoms with van der Waals surface area (Å²) in [5.41, 5.74) is 0. The Morgan fingerprint density at radius 3 is 1.82 bits per heavy atom. The first-order valence-corrected chi connectivity index (χ1v) is 4.29. The van der Waals surface area contributed by atoms with Crippen LogP contribution < -0.4 is 0 Å². The molecule has 3 heteroatoms. The van der Waals surface area contributed by atoms with Gasteiger partial charge in [-0.1, -0.05) is 26.0 Å². The summed E-state index contributed by atoms with van der Waals surface area (Å²) in [7, 11) is 0. The van der Waals surface area contributed by atoms with Crippen LogP contribution in [0.15, 0.2) is 22.9 Å². The van der Waals surface area contributed by atoms with Gasteiger partial charge in [-0.15, -0.1) is 0 Å². The van der Waals surface area contributed by atoms with Gasteiger partial charge < -0.3 is 5.11 Å². The number of carboxylic acids is 1. The molecular formula is C8H12O2S. The molecular weight excluding hydrogens is 160 g/mol. The highest BCUT2D eigenvalue weighted by Gasteiger charge is 1.99. The average molecular weight is 172 g/mol. The van der Waals surface area contributed by atoms with E-state index in [-0.39, 0.29) is 5.92 Å². The summed E-state index contributed by atoms with van der Waals surface area (Å²) in [6, 6.07) is 4.04. The number of carboxylic acid groups (broad SMARTS) is 1. The van der Waals surface area contributed by atoms with Gasteiger partial charge in [0.2, 0.25) is 0 Å². The zero-order valence-corrected chi connectivity index (χ0v) is 7.47. The molecule has 0 amide bonds. The van der Waals surface area contributed by atoms with E-state index in [1.54, 1.807) is 25.2 Å². The Hall–Kier alpha value is -0.830. The molecule has 0 aliphatic rings. The predicted octanol–water partition coefficient (Wildman–Crippen LogP) is 2.48. The Labute approximate surface area is 70.5 Å². The van der Waals surface area contributed by atoms with Gasteiger partial charge in [-0.2, -0.15) is 11.3 Å². The molecule has 11 heavy (non-hydrogen) atoms. The van der Waals surface area contributed by atoms with E-state index in [1.165, 1.54) is 0 Å². The standard InChI is InChI=1S/C4H8O2.C4H4S/c1-3(2)4(5)6;1-2-4-5-3-1/h3H,1-2H3,(H,5,6);1-4H. The average Bonchev–Trinajstić information content (AvgIpc) is 2.41. The van der Waals surface area contributed by atoms with Gasteiger partial charge in [0.25, 0.3) is 0 Å². The van der Waals surface area contributed by atoms with Gasteiger partial charge >= 0.3 is 5.97 Å². The summed E-state index contributed by atoms with van der Waals surface area (Å²) < 4.78 is 0. The van der Waals surface area contributed by atoms with Gasteiger partial charge in [0.1, 0.15) is 0 Å². The van der Waals surface area contributed by atoms with E-state index in [4.69, 9.17) is 5.11 Å². The number of hydrogen-bond acceptors (Lipinski definition) is 2. The predicted molar refractivity (Wildman–Crippen MR) is 46.8 cm³/mol. The number of thiophene rings is 1. The van der Waals surface area contributed by atoms with Crippen molar-refractivity contribution in [2.24, 2.45) is 5.92 Å². The molecule has 0 atom stereocenters. The van der Waals surface area contributed by atoms with E-state index in [0.717, 1.165) is 0 Å². The van der Waals surface area contributed by atoms with Crippen LogP contribution in [-0.2, 0) is 4.79 Å². The number of carbonyl (C=O) groups is 1. The highest BCUT2D eigenvalue weighted by Crippen LogP contribution is 1.91. The molecule has 1 aromatic heterocycles. The molecule has 1 N–H and O–H groups in total. The van der Waals surface area contributed by atoms with Gasteiger partial charge in [0.05, 0.1) is 5.92 Å². The summed E-state index contributed by atoms with van der Waals surface area (Å²) >= 11 is 1.71. The van der Waals surface area contributed by atoms with Crippen molar-refractivity contribution >= 4 is 17.3 Å². The Kier molecular flexibility index (Phi) is 5.47. The second-order valence-electron chi connectivity index (χ2n) is 2.29. The van der Waals surface area contributed by atoms with Crippen LogP contribution in [-0.4, -0.2) is 11.1 Å². The van der Waals surface area contributed by atoms with Crippen LogP contribution in [0, 0.1) is 5.92 Å². The Morgan fingerprint density at radius 1 is 1.36 bits per heavy atom. The SMILES string of the molecule is CC(C)C(=O)O.c1ccsc1. The van der Waals surface area contributed by atoms with Crippen molar-refractivity contribution in [3.8, 4) is 0 Å². The molecule has 0 saturated heterocycles. The fraction of sp³-hybridized carbons (Fsp3) is 0.375. The maximum Gasteiger partial charge on any atom is 0.305 e. The highest BCUT2D eigenvalue weighted by atomic mass is 32.1. The molecule has 2 nitrogen and oxygen atoms in total. The van der Waals surface area contributed by atoms with E-state index in [1.807, 2.05) is 22.9 Å². The van der Waals surface area contributed by atoms with Crippen molar-refractivity contribution < 1.29 is 9.90 Å². The molecule has 0 aliphatic heterocycles. The fourth-order valence-corrected chi connectivity index (χ4v) is 0.680. The van der Waals surface area contributed by atoms with Crippen LogP contribution in [0.3, 0.4) is 0 Å². The molecule has 0 aliphatic carbocycles. The quantitative estimate of drug-likeness (QED) is 0.706. The second kappa shape index (κ2) is 5.92. The summed E-state index contributed by atoms with van der Waals surface area (Å²) in [6.07, 6.45) is 0. The molecule has 0 fully saturated rings. The van der Waals surface area contributed by atoms with Crippen LogP contribution in [0.25, 0.3) is 0 Å². The van der Waals surface area contributed by atoms with Crippen molar-refractivity contribution in [1.82, 2.24) is 0 Å². The maximum atomic E-state index is 9.70. The van der Waals surface area contributed by atoms with E-state index in [0.29, 0.717) is 0 Å². The van der Waals surface area contributed by atoms with Crippen LogP contribution in [0.5, 0.6) is 0 Å². The van der Waals surface area contributed by atoms with Crippen molar-refractivity contribution in [2.45, 2.75) is 13.8 Å². The molecule has 1 rings (SSSR count). The zero-order valence-electron chi connectivity index (χ0n) is 6.65. The summed E-state index contributed by atoms with van der Waals surface area (Å²) in [6.45, 7) is 3.28. The van der Waals surface area contributed by atoms with Crippen LogP contribution in [0.2, 0.25) is 0 Å². The van der Waals surface area contributed by atoms with Crippen molar-refractivity contribution in [3.63, 3.8) is 0 Å². The Morgan fingerprint density at radius 2 is 1.73 bits per heavy atom. The first kappa shape index (κ1) is 10.2. The lowest BCUT2D eigenvalue weighted by Crippen LogP contribution is -2.03. The van der Waals surface area contributed by atoms with E-state index in [2.05, 4.69) is 0 Å². The van der Waals surface area contributed by atoms with E-state index in [9.17, 15) is 4.79 Å². The molecule has 1 aromatic rings. The Bertz CT molecular complexity index is 163. The number of aliphatic carboxylic acids is 1. The van der Waals surface area contributed by atoms with Gasteiger partial charge in [-0.05, 0) is 10.8 Å². The molecule has 0 unspecified atom stereocenters. The maximum absolute atomic E-state index is 9.70. The molecule has 0 spiro atoms. The Balaban J connectivity index is 0.000000183. The minimum absolute atomic E-state index is 0.231. The topological polar surface area (TPSA) is 37.3 Å². The normalized spacial score (nSPS) is 8.64. The summed E-state index contributed by atoms with van der Waals surface area (Å²) in [4.78, 5) is 9.70. The van der Waals surface area contributed by atoms with Gasteiger partial charge in [0.15, 0.2) is 0 Å². The number of rotatable bonds is 1. The van der Waals surface area contributed by atoms with Crippen molar-refractivity contribution in [2.75, 3.05) is 0 Å². The third-order valence-corrected chi connectivity index (χ3v) is 1.55. The second-order valence-corrected chi connectivity index (χ2v) is 3.10. The van der Waals surface area contributed by atoms with Gasteiger partial charge in [0, 0.05) is 0 Å². The molecule has 62 valence electrons. The van der Waals surface area contributed by atoms with Gasteiger partial charge in [-0.3, -0.25) is 4.79 Å². The minimum atomic E-state index is -0.741. The monoisotopic (exact) mass is 172 g/mol. The summed E-state index contributed by atoms with van der Waals surface area (Å²) in [5, 5.41) is 12.1. The molecule has 0 radical (unpaired) electrons. The first-order chi connectivity index (χ1) is 5.14. The minimum Gasteiger partial charge on any atom is -0.481 e. The van der Waals surface area contributed by atoms with E-state index < -0.39 is 5.97 Å². The third-order valence-electron chi connectivity index (χ3n) is 0.919. The van der Waals surface area contributed by atoms with Gasteiger partial charge in [-0.25, -0.2) is 0 Å². The van der Waals surface area contributed by atoms with Crippen molar-refractivity contribution in [3.05, 3.63) is 22.9 Å². The largest absolute Gasteiger partial charge is 0.481 e. The van der Waals surface area contributed by atoms with Crippen molar-refractivity contribution in [1.29, 1.82) is 0 Å². The van der Waals surface area contributed by atoms with E-state index >= 15 is 0 Å². The first-order valence-electron chi connectivity index (χ1n) is 3.34. The van der Waals surface area contributed by atoms with Crippen LogP contribution in [0.4, 0.5) is 0 Å². The lowest BCUT2D eigenvalue weighted by atomic mass is 10.2. The molecule has 0 saturated carbocycles. The van der Waals surface area contributed by atoms with Crippen LogP contribution >= 0.6 is 11.3 Å². The zero-order chi connectivity index (χ0) is 8.69.